The van der Waals surface area contributed by atoms with Crippen molar-refractivity contribution >= 4 is 11.6 Å². The summed E-state index contributed by atoms with van der Waals surface area (Å²) < 4.78 is 10.7. The molecule has 4 rings (SSSR count). The van der Waals surface area contributed by atoms with Crippen molar-refractivity contribution < 1.29 is 14.3 Å². The molecule has 0 spiro atoms. The van der Waals surface area contributed by atoms with Gasteiger partial charge in [-0.05, 0) is 30.5 Å². The maximum Gasteiger partial charge on any atom is 0.270 e. The summed E-state index contributed by atoms with van der Waals surface area (Å²) in [5, 5.41) is 8.71. The van der Waals surface area contributed by atoms with Gasteiger partial charge in [0.05, 0.1) is 19.8 Å². The van der Waals surface area contributed by atoms with Crippen LogP contribution in [0.2, 0.25) is 0 Å². The minimum Gasteiger partial charge on any atom is -0.493 e. The first-order valence-electron chi connectivity index (χ1n) is 8.19. The Morgan fingerprint density at radius 1 is 1.04 bits per heavy atom. The SMILES string of the molecule is COc1ccc(C2C3=C(CCCC3=O)Nc3[nH][nH]c(=O)c32)cc1OC. The van der Waals surface area contributed by atoms with Crippen molar-refractivity contribution in [2.45, 2.75) is 25.2 Å². The number of Topliss-reactive ketones (excluding diaryl/α,β-unsaturated/α-hetero) is 1. The number of hydrogen-bond acceptors (Lipinski definition) is 5. The fourth-order valence-electron chi connectivity index (χ4n) is 3.73. The van der Waals surface area contributed by atoms with Crippen LogP contribution in [0.5, 0.6) is 11.5 Å². The van der Waals surface area contributed by atoms with Crippen molar-refractivity contribution in [1.82, 2.24) is 10.2 Å². The molecule has 130 valence electrons. The number of hydrogen-bond donors (Lipinski definition) is 3. The van der Waals surface area contributed by atoms with E-state index in [9.17, 15) is 9.59 Å². The van der Waals surface area contributed by atoms with E-state index < -0.39 is 5.92 Å². The van der Waals surface area contributed by atoms with Crippen molar-refractivity contribution in [2.75, 3.05) is 19.5 Å². The first kappa shape index (κ1) is 15.6. The third kappa shape index (κ3) is 2.34. The topological polar surface area (TPSA) is 96.2 Å². The number of anilines is 1. The van der Waals surface area contributed by atoms with Gasteiger partial charge in [-0.3, -0.25) is 19.8 Å². The number of ketones is 1. The summed E-state index contributed by atoms with van der Waals surface area (Å²) in [6.45, 7) is 0. The molecule has 1 aliphatic carbocycles. The average molecular weight is 341 g/mol. The Hall–Kier alpha value is -2.96. The normalized spacial score (nSPS) is 19.1. The first-order valence-corrected chi connectivity index (χ1v) is 8.19. The highest BCUT2D eigenvalue weighted by molar-refractivity contribution is 6.00. The van der Waals surface area contributed by atoms with Crippen LogP contribution in [0.15, 0.2) is 34.3 Å². The fourth-order valence-corrected chi connectivity index (χ4v) is 3.73. The predicted octanol–water partition coefficient (Wildman–Crippen LogP) is 2.28. The van der Waals surface area contributed by atoms with E-state index in [2.05, 4.69) is 15.5 Å². The summed E-state index contributed by atoms with van der Waals surface area (Å²) >= 11 is 0. The Morgan fingerprint density at radius 2 is 1.84 bits per heavy atom. The van der Waals surface area contributed by atoms with Gasteiger partial charge < -0.3 is 14.8 Å². The Balaban J connectivity index is 1.94. The number of ether oxygens (including phenoxy) is 2. The highest BCUT2D eigenvalue weighted by Gasteiger charge is 2.38. The number of H-pyrrole nitrogens is 2. The van der Waals surface area contributed by atoms with Gasteiger partial charge in [0.15, 0.2) is 17.3 Å². The van der Waals surface area contributed by atoms with Crippen molar-refractivity contribution in [2.24, 2.45) is 0 Å². The number of methoxy groups -OCH3 is 2. The van der Waals surface area contributed by atoms with Crippen LogP contribution in [0.25, 0.3) is 0 Å². The van der Waals surface area contributed by atoms with Crippen LogP contribution in [0, 0.1) is 0 Å². The van der Waals surface area contributed by atoms with Crippen LogP contribution in [-0.4, -0.2) is 30.2 Å². The van der Waals surface area contributed by atoms with E-state index in [-0.39, 0.29) is 11.3 Å². The summed E-state index contributed by atoms with van der Waals surface area (Å²) in [6.07, 6.45) is 2.10. The molecule has 2 aliphatic rings. The molecule has 0 bridgehead atoms. The molecule has 0 fully saturated rings. The zero-order valence-electron chi connectivity index (χ0n) is 14.1. The van der Waals surface area contributed by atoms with E-state index in [1.165, 1.54) is 0 Å². The number of allylic oxidation sites excluding steroid dienone is 2. The second-order valence-electron chi connectivity index (χ2n) is 6.21. The predicted molar refractivity (Wildman–Crippen MR) is 92.3 cm³/mol. The molecule has 2 heterocycles. The molecule has 1 aliphatic heterocycles. The Labute approximate surface area is 144 Å². The molecule has 0 amide bonds. The zero-order chi connectivity index (χ0) is 17.6. The molecule has 1 atom stereocenters. The van der Waals surface area contributed by atoms with Crippen LogP contribution in [0.3, 0.4) is 0 Å². The standard InChI is InChI=1S/C18H19N3O4/c1-24-12-7-6-9(8-13(12)25-2)14-15-10(4-3-5-11(15)22)19-17-16(14)18(23)21-20-17/h6-8,14H,3-5H2,1-2H3,(H3,19,20,21,23). The largest absolute Gasteiger partial charge is 0.493 e. The third-order valence-corrected chi connectivity index (χ3v) is 4.87. The molecule has 0 saturated carbocycles. The van der Waals surface area contributed by atoms with E-state index in [1.807, 2.05) is 12.1 Å². The lowest BCUT2D eigenvalue weighted by molar-refractivity contribution is -0.116. The summed E-state index contributed by atoms with van der Waals surface area (Å²) in [6, 6.07) is 5.50. The van der Waals surface area contributed by atoms with Gasteiger partial charge in [-0.1, -0.05) is 6.07 Å². The minimum atomic E-state index is -0.422. The van der Waals surface area contributed by atoms with Crippen LogP contribution in [0.1, 0.15) is 36.3 Å². The van der Waals surface area contributed by atoms with Crippen molar-refractivity contribution in [3.63, 3.8) is 0 Å². The molecule has 3 N–H and O–H groups in total. The lowest BCUT2D eigenvalue weighted by Crippen LogP contribution is -2.29. The van der Waals surface area contributed by atoms with Gasteiger partial charge in [-0.15, -0.1) is 0 Å². The number of benzene rings is 1. The van der Waals surface area contributed by atoms with Crippen LogP contribution in [0.4, 0.5) is 5.82 Å². The van der Waals surface area contributed by atoms with Crippen molar-refractivity contribution in [3.8, 4) is 11.5 Å². The highest BCUT2D eigenvalue weighted by Crippen LogP contribution is 2.44. The number of rotatable bonds is 3. The van der Waals surface area contributed by atoms with Gasteiger partial charge in [0.1, 0.15) is 5.82 Å². The molecule has 25 heavy (non-hydrogen) atoms. The number of aromatic amines is 2. The Morgan fingerprint density at radius 3 is 2.60 bits per heavy atom. The quantitative estimate of drug-likeness (QED) is 0.796. The average Bonchev–Trinajstić information content (AvgIpc) is 3.00. The molecular formula is C18H19N3O4. The second-order valence-corrected chi connectivity index (χ2v) is 6.21. The lowest BCUT2D eigenvalue weighted by atomic mass is 9.77. The summed E-state index contributed by atoms with van der Waals surface area (Å²) in [7, 11) is 3.14. The van der Waals surface area contributed by atoms with E-state index in [0.29, 0.717) is 34.9 Å². The Bertz CT molecular complexity index is 938. The fraction of sp³-hybridized carbons (Fsp3) is 0.333. The molecule has 2 aromatic rings. The van der Waals surface area contributed by atoms with E-state index in [0.717, 1.165) is 24.1 Å². The molecule has 0 saturated heterocycles. The number of carbonyl (C=O) groups excluding carboxylic acids is 1. The van der Waals surface area contributed by atoms with Crippen LogP contribution in [-0.2, 0) is 4.79 Å². The third-order valence-electron chi connectivity index (χ3n) is 4.87. The zero-order valence-corrected chi connectivity index (χ0v) is 14.1. The van der Waals surface area contributed by atoms with Crippen molar-refractivity contribution in [3.05, 3.63) is 50.9 Å². The molecule has 1 aromatic heterocycles. The first-order chi connectivity index (χ1) is 12.1. The van der Waals surface area contributed by atoms with Crippen LogP contribution < -0.4 is 20.3 Å². The summed E-state index contributed by atoms with van der Waals surface area (Å²) in [5.74, 6) is 1.46. The summed E-state index contributed by atoms with van der Waals surface area (Å²) in [5.41, 5.74) is 2.69. The van der Waals surface area contributed by atoms with E-state index in [4.69, 9.17) is 9.47 Å². The number of nitrogens with one attached hydrogen (secondary N) is 3. The maximum absolute atomic E-state index is 12.7. The van der Waals surface area contributed by atoms with Gasteiger partial charge in [-0.25, -0.2) is 0 Å². The highest BCUT2D eigenvalue weighted by atomic mass is 16.5. The second kappa shape index (κ2) is 5.84. The molecule has 0 radical (unpaired) electrons. The Kier molecular flexibility index (Phi) is 3.63. The van der Waals surface area contributed by atoms with Gasteiger partial charge in [-0.2, -0.15) is 0 Å². The number of fused-ring (bicyclic) bond motifs is 1. The molecule has 7 nitrogen and oxygen atoms in total. The van der Waals surface area contributed by atoms with E-state index >= 15 is 0 Å². The smallest absolute Gasteiger partial charge is 0.270 e. The van der Waals surface area contributed by atoms with Gasteiger partial charge in [0.2, 0.25) is 0 Å². The monoisotopic (exact) mass is 341 g/mol. The van der Waals surface area contributed by atoms with Crippen molar-refractivity contribution in [1.29, 1.82) is 0 Å². The summed E-state index contributed by atoms with van der Waals surface area (Å²) in [4.78, 5) is 25.0. The van der Waals surface area contributed by atoms with Gasteiger partial charge >= 0.3 is 0 Å². The van der Waals surface area contributed by atoms with Crippen LogP contribution >= 0.6 is 0 Å². The molecule has 1 unspecified atom stereocenters. The van der Waals surface area contributed by atoms with Gasteiger partial charge in [0.25, 0.3) is 5.56 Å². The van der Waals surface area contributed by atoms with E-state index in [1.54, 1.807) is 20.3 Å². The number of aromatic nitrogens is 2. The lowest BCUT2D eigenvalue weighted by Gasteiger charge is -2.31. The number of carbonyl (C=O) groups is 1. The maximum atomic E-state index is 12.7. The molecule has 1 aromatic carbocycles. The molecule has 7 heteroatoms. The van der Waals surface area contributed by atoms with Gasteiger partial charge in [0, 0.05) is 23.6 Å². The minimum absolute atomic E-state index is 0.0831. The molecular weight excluding hydrogens is 322 g/mol.